The number of nitrogens with zero attached hydrogens (tertiary/aromatic N) is 1. The Morgan fingerprint density at radius 2 is 1.49 bits per heavy atom. The van der Waals surface area contributed by atoms with Gasteiger partial charge in [-0.25, -0.2) is 0 Å². The van der Waals surface area contributed by atoms with Crippen LogP contribution < -0.4 is 0 Å². The van der Waals surface area contributed by atoms with E-state index in [1.807, 2.05) is 26.1 Å². The molecule has 4 aromatic carbocycles. The van der Waals surface area contributed by atoms with Crippen molar-refractivity contribution in [3.63, 3.8) is 0 Å². The van der Waals surface area contributed by atoms with Crippen LogP contribution in [-0.4, -0.2) is 20.7 Å². The molecule has 0 unspecified atom stereocenters. The molecule has 4 heteroatoms. The van der Waals surface area contributed by atoms with Crippen molar-refractivity contribution in [3.8, 4) is 0 Å². The first-order valence-electron chi connectivity index (χ1n) is 13.9. The molecule has 39 heavy (non-hydrogen) atoms. The van der Waals surface area contributed by atoms with Gasteiger partial charge in [0.1, 0.15) is 5.76 Å². The molecule has 0 aliphatic rings. The molecule has 1 heterocycles. The quantitative estimate of drug-likeness (QED) is 0.0459. The molecule has 0 saturated heterocycles. The van der Waals surface area contributed by atoms with Crippen LogP contribution in [0, 0.1) is 23.8 Å². The third kappa shape index (κ3) is 5.60. The maximum atomic E-state index is 10.2. The van der Waals surface area contributed by atoms with E-state index in [2.05, 4.69) is 88.1 Å². The van der Waals surface area contributed by atoms with Crippen LogP contribution in [0.1, 0.15) is 72.8 Å². The summed E-state index contributed by atoms with van der Waals surface area (Å²) < 4.78 is 0. The van der Waals surface area contributed by atoms with Gasteiger partial charge in [0.25, 0.3) is 0 Å². The van der Waals surface area contributed by atoms with Crippen LogP contribution >= 0.6 is 0 Å². The number of aliphatic hydroxyl groups is 1. The van der Waals surface area contributed by atoms with Gasteiger partial charge >= 0.3 is 5.78 Å². The van der Waals surface area contributed by atoms with Gasteiger partial charge in [0.15, 0.2) is 0 Å². The van der Waals surface area contributed by atoms with Gasteiger partial charge in [0, 0.05) is 31.7 Å². The van der Waals surface area contributed by atoms with Crippen LogP contribution in [0.4, 0.5) is 0 Å². The minimum Gasteiger partial charge on any atom is -0.511 e. The SMILES string of the molecule is CCC(C)(CC)C(=[OH+])/C=C(\O)C(C)(CC)CC.Cc1[c-]c2c3ncccc3c3cccc4ccc(c1)c2c43.[Ir]. The summed E-state index contributed by atoms with van der Waals surface area (Å²) in [5.41, 5.74) is 1.76. The summed E-state index contributed by atoms with van der Waals surface area (Å²) in [6, 6.07) is 20.8. The van der Waals surface area contributed by atoms with E-state index in [0.29, 0.717) is 11.5 Å². The van der Waals surface area contributed by atoms with Gasteiger partial charge in [0.2, 0.25) is 0 Å². The largest absolute Gasteiger partial charge is 0.511 e. The normalized spacial score (nSPS) is 12.5. The van der Waals surface area contributed by atoms with E-state index in [1.165, 1.54) is 32.3 Å². The Bertz CT molecular complexity index is 1630. The molecule has 0 aliphatic carbocycles. The molecule has 0 spiro atoms. The van der Waals surface area contributed by atoms with E-state index in [4.69, 9.17) is 0 Å². The Balaban J connectivity index is 0.000000217. The fourth-order valence-corrected chi connectivity index (χ4v) is 5.24. The van der Waals surface area contributed by atoms with Gasteiger partial charge in [0.05, 0.1) is 11.5 Å². The Morgan fingerprint density at radius 1 is 0.872 bits per heavy atom. The molecule has 5 rings (SSSR count). The van der Waals surface area contributed by atoms with E-state index in [0.717, 1.165) is 42.1 Å². The van der Waals surface area contributed by atoms with E-state index in [1.54, 1.807) is 6.08 Å². The Hall–Kier alpha value is -2.81. The molecule has 5 aromatic rings. The molecule has 1 aromatic heterocycles. The van der Waals surface area contributed by atoms with Crippen LogP contribution in [0.3, 0.4) is 0 Å². The molecule has 1 radical (unpaired) electrons. The van der Waals surface area contributed by atoms with Gasteiger partial charge in [-0.2, -0.15) is 0 Å². The number of allylic oxidation sites excluding steroid dienone is 2. The van der Waals surface area contributed by atoms with Gasteiger partial charge < -0.3 is 10.1 Å². The number of hydrogen-bond donors (Lipinski definition) is 1. The van der Waals surface area contributed by atoms with Gasteiger partial charge in [-0.1, -0.05) is 83.3 Å². The molecule has 0 saturated carbocycles. The number of carbonyl (C=O) groups excluding carboxylic acids is 1. The fraction of sp³-hybridized carbons (Fsp3) is 0.371. The van der Waals surface area contributed by atoms with Crippen molar-refractivity contribution in [2.24, 2.45) is 10.8 Å². The van der Waals surface area contributed by atoms with Crippen LogP contribution in [0.5, 0.6) is 0 Å². The molecule has 207 valence electrons. The molecule has 3 nitrogen and oxygen atoms in total. The van der Waals surface area contributed by atoms with Crippen molar-refractivity contribution in [1.82, 2.24) is 4.98 Å². The summed E-state index contributed by atoms with van der Waals surface area (Å²) >= 11 is 0. The zero-order chi connectivity index (χ0) is 27.7. The van der Waals surface area contributed by atoms with Crippen LogP contribution in [0.2, 0.25) is 0 Å². The number of benzene rings is 4. The summed E-state index contributed by atoms with van der Waals surface area (Å²) in [7, 11) is 0. The van der Waals surface area contributed by atoms with E-state index < -0.39 is 0 Å². The predicted octanol–water partition coefficient (Wildman–Crippen LogP) is 9.86. The number of aromatic nitrogens is 1. The molecule has 0 aliphatic heterocycles. The second-order valence-electron chi connectivity index (χ2n) is 11.1. The monoisotopic (exact) mass is 700 g/mol. The Kier molecular flexibility index (Phi) is 9.57. The second-order valence-corrected chi connectivity index (χ2v) is 11.1. The predicted molar refractivity (Wildman–Crippen MR) is 164 cm³/mol. The first kappa shape index (κ1) is 30.7. The Labute approximate surface area is 246 Å². The number of pyridine rings is 1. The van der Waals surface area contributed by atoms with E-state index in [9.17, 15) is 9.90 Å². The van der Waals surface area contributed by atoms with Crippen molar-refractivity contribution < 1.29 is 30.0 Å². The van der Waals surface area contributed by atoms with Gasteiger partial charge in [-0.3, -0.25) is 4.79 Å². The van der Waals surface area contributed by atoms with E-state index >= 15 is 0 Å². The zero-order valence-corrected chi connectivity index (χ0v) is 26.7. The summed E-state index contributed by atoms with van der Waals surface area (Å²) in [6.45, 7) is 14.4. The van der Waals surface area contributed by atoms with Gasteiger partial charge in [-0.05, 0) is 65.7 Å². The average molecular weight is 700 g/mol. The van der Waals surface area contributed by atoms with Crippen molar-refractivity contribution in [1.29, 1.82) is 0 Å². The minimum absolute atomic E-state index is 0. The summed E-state index contributed by atoms with van der Waals surface area (Å²) in [6.07, 6.45) is 6.92. The van der Waals surface area contributed by atoms with Crippen LogP contribution in [0.25, 0.3) is 43.2 Å². The first-order valence-corrected chi connectivity index (χ1v) is 13.9. The third-order valence-electron chi connectivity index (χ3n) is 8.99. The standard InChI is InChI=1S/C20H12N.C15H28O2.Ir/c1-12-10-14-8-7-13-4-2-5-15-16-6-3-9-21-20(16)17(11-12)19(14)18(13)15;1-7-14(5,8-2)12(16)11-13(17)15(6,9-3)10-4;/h2-10H,1H3;11,16H,7-10H2,1-6H3;/q-1;;/p+1/b;12-11-;. The zero-order valence-electron chi connectivity index (χ0n) is 24.3. The molecular formula is C35H41IrNO2. The molecule has 0 fully saturated rings. The van der Waals surface area contributed by atoms with Crippen molar-refractivity contribution >= 4 is 49.0 Å². The molecule has 0 bridgehead atoms. The summed E-state index contributed by atoms with van der Waals surface area (Å²) in [5.74, 6) is 0.598. The average Bonchev–Trinajstić information content (AvgIpc) is 2.95. The molecule has 2 N–H and O–H groups in total. The van der Waals surface area contributed by atoms with Gasteiger partial charge in [-0.15, -0.1) is 28.5 Å². The number of hydrogen-bond acceptors (Lipinski definition) is 2. The Morgan fingerprint density at radius 3 is 2.13 bits per heavy atom. The number of aliphatic hydroxyl groups excluding tert-OH is 1. The molecule has 0 atom stereocenters. The van der Waals surface area contributed by atoms with Crippen LogP contribution in [-0.2, 0) is 20.1 Å². The van der Waals surface area contributed by atoms with Crippen molar-refractivity contribution in [2.45, 2.75) is 74.1 Å². The molecule has 0 amide bonds. The maximum absolute atomic E-state index is 10.2. The van der Waals surface area contributed by atoms with Crippen LogP contribution in [0.15, 0.2) is 66.6 Å². The number of rotatable bonds is 7. The summed E-state index contributed by atoms with van der Waals surface area (Å²) in [5, 5.41) is 19.0. The fourth-order valence-electron chi connectivity index (χ4n) is 5.24. The summed E-state index contributed by atoms with van der Waals surface area (Å²) in [4.78, 5) is 14.8. The van der Waals surface area contributed by atoms with E-state index in [-0.39, 0.29) is 30.9 Å². The van der Waals surface area contributed by atoms with Crippen molar-refractivity contribution in [3.05, 3.63) is 78.2 Å². The maximum Gasteiger partial charge on any atom is 0.325 e. The molecular weight excluding hydrogens is 659 g/mol. The third-order valence-corrected chi connectivity index (χ3v) is 8.99. The second kappa shape index (κ2) is 12.1. The first-order chi connectivity index (χ1) is 18.1. The van der Waals surface area contributed by atoms with Crippen molar-refractivity contribution in [2.75, 3.05) is 0 Å². The number of aryl methyl sites for hydroxylation is 1. The number of ketones is 1. The number of fused-ring (bicyclic) bond motifs is 3. The smallest absolute Gasteiger partial charge is 0.325 e. The minimum atomic E-state index is -0.226. The topological polar surface area (TPSA) is 54.5 Å².